The van der Waals surface area contributed by atoms with Gasteiger partial charge in [-0.3, -0.25) is 0 Å². The van der Waals surface area contributed by atoms with Crippen molar-refractivity contribution in [3.8, 4) is 0 Å². The van der Waals surface area contributed by atoms with E-state index in [0.717, 1.165) is 19.6 Å². The molecule has 3 nitrogen and oxygen atoms in total. The molecule has 0 saturated carbocycles. The molecular weight excluding hydrogens is 156 g/mol. The quantitative estimate of drug-likeness (QED) is 0.546. The number of hydrogen-bond acceptors (Lipinski definition) is 3. The normalized spacial score (nSPS) is 37.8. The van der Waals surface area contributed by atoms with Gasteiger partial charge < -0.3 is 4.43 Å². The number of azo groups is 1. The first-order valence-corrected chi connectivity index (χ1v) is 6.40. The van der Waals surface area contributed by atoms with E-state index < -0.39 is 9.04 Å². The third-order valence-electron chi connectivity index (χ3n) is 2.40. The van der Waals surface area contributed by atoms with Gasteiger partial charge in [-0.05, 0) is 18.9 Å². The fourth-order valence-corrected chi connectivity index (χ4v) is 4.44. The van der Waals surface area contributed by atoms with Gasteiger partial charge >= 0.3 is 0 Å². The van der Waals surface area contributed by atoms with Gasteiger partial charge in [0, 0.05) is 6.61 Å². The second-order valence-electron chi connectivity index (χ2n) is 3.24. The van der Waals surface area contributed by atoms with Gasteiger partial charge in [-0.15, -0.1) is 0 Å². The van der Waals surface area contributed by atoms with Crippen LogP contribution in [0.3, 0.4) is 0 Å². The van der Waals surface area contributed by atoms with Gasteiger partial charge in [0.25, 0.3) is 0 Å². The average molecular weight is 170 g/mol. The van der Waals surface area contributed by atoms with Crippen LogP contribution in [0.4, 0.5) is 0 Å². The molecule has 0 aliphatic carbocycles. The maximum absolute atomic E-state index is 5.75. The van der Waals surface area contributed by atoms with E-state index in [0.29, 0.717) is 5.67 Å². The van der Waals surface area contributed by atoms with Crippen molar-refractivity contribution in [3.05, 3.63) is 0 Å². The minimum absolute atomic E-state index is 0.523. The number of nitrogens with zero attached hydrogens (tertiary/aromatic N) is 2. The molecular formula is C7H14N2OSi. The highest BCUT2D eigenvalue weighted by Crippen LogP contribution is 2.20. The van der Waals surface area contributed by atoms with Gasteiger partial charge in [0.05, 0.1) is 12.2 Å². The first-order valence-electron chi connectivity index (χ1n) is 4.45. The first kappa shape index (κ1) is 7.43. The van der Waals surface area contributed by atoms with Crippen LogP contribution in [0.1, 0.15) is 19.3 Å². The van der Waals surface area contributed by atoms with Gasteiger partial charge in [-0.2, -0.15) is 10.2 Å². The van der Waals surface area contributed by atoms with Crippen molar-refractivity contribution in [3.63, 3.8) is 0 Å². The van der Waals surface area contributed by atoms with Crippen LogP contribution in [0.15, 0.2) is 10.2 Å². The third kappa shape index (κ3) is 1.68. The lowest BCUT2D eigenvalue weighted by molar-refractivity contribution is 0.280. The number of rotatable bonds is 1. The Balaban J connectivity index is 1.87. The average Bonchev–Trinajstić information content (AvgIpc) is 2.58. The number of hydrogen-bond donors (Lipinski definition) is 0. The van der Waals surface area contributed by atoms with E-state index in [1.54, 1.807) is 0 Å². The summed E-state index contributed by atoms with van der Waals surface area (Å²) in [4.78, 5) is 0. The van der Waals surface area contributed by atoms with Gasteiger partial charge in [-0.25, -0.2) is 0 Å². The first-order chi connectivity index (χ1) is 5.47. The van der Waals surface area contributed by atoms with Crippen molar-refractivity contribution < 1.29 is 4.43 Å². The van der Waals surface area contributed by atoms with E-state index in [9.17, 15) is 0 Å². The predicted molar refractivity (Wildman–Crippen MR) is 45.3 cm³/mol. The molecule has 0 bridgehead atoms. The summed E-state index contributed by atoms with van der Waals surface area (Å²) in [5, 5.41) is 8.24. The summed E-state index contributed by atoms with van der Waals surface area (Å²) < 4.78 is 5.75. The molecule has 4 heteroatoms. The third-order valence-corrected chi connectivity index (χ3v) is 5.37. The monoisotopic (exact) mass is 170 g/mol. The summed E-state index contributed by atoms with van der Waals surface area (Å²) in [6.45, 7) is 1.93. The molecule has 11 heavy (non-hydrogen) atoms. The molecule has 1 fully saturated rings. The SMILES string of the molecule is C1CC[SiH](C2CCN=N2)OC1. The maximum atomic E-state index is 5.75. The molecule has 0 aromatic rings. The van der Waals surface area contributed by atoms with Gasteiger partial charge in [0.15, 0.2) is 0 Å². The summed E-state index contributed by atoms with van der Waals surface area (Å²) >= 11 is 0. The van der Waals surface area contributed by atoms with Crippen LogP contribution < -0.4 is 0 Å². The molecule has 2 unspecified atom stereocenters. The predicted octanol–water partition coefficient (Wildman–Crippen LogP) is 1.28. The lowest BCUT2D eigenvalue weighted by atomic mass is 10.4. The molecule has 0 amide bonds. The molecule has 1 saturated heterocycles. The van der Waals surface area contributed by atoms with Crippen molar-refractivity contribution in [1.82, 2.24) is 0 Å². The van der Waals surface area contributed by atoms with Crippen LogP contribution in [-0.4, -0.2) is 27.9 Å². The molecule has 62 valence electrons. The Morgan fingerprint density at radius 3 is 3.00 bits per heavy atom. The van der Waals surface area contributed by atoms with E-state index in [1.165, 1.54) is 18.9 Å². The Bertz CT molecular complexity index is 157. The Morgan fingerprint density at radius 1 is 1.36 bits per heavy atom. The summed E-state index contributed by atoms with van der Waals surface area (Å²) in [5.41, 5.74) is 0.523. The van der Waals surface area contributed by atoms with E-state index in [-0.39, 0.29) is 0 Å². The van der Waals surface area contributed by atoms with Crippen LogP contribution in [0.25, 0.3) is 0 Å². The second kappa shape index (κ2) is 3.45. The highest BCUT2D eigenvalue weighted by Gasteiger charge is 2.28. The highest BCUT2D eigenvalue weighted by atomic mass is 28.3. The maximum Gasteiger partial charge on any atom is 0.203 e. The van der Waals surface area contributed by atoms with Crippen LogP contribution in [0.5, 0.6) is 0 Å². The van der Waals surface area contributed by atoms with Crippen molar-refractivity contribution in [2.75, 3.05) is 13.2 Å². The molecule has 0 spiro atoms. The molecule has 2 heterocycles. The van der Waals surface area contributed by atoms with Crippen molar-refractivity contribution in [1.29, 1.82) is 0 Å². The molecule has 0 aromatic carbocycles. The Kier molecular flexibility index (Phi) is 2.33. The summed E-state index contributed by atoms with van der Waals surface area (Å²) in [5.74, 6) is 0. The van der Waals surface area contributed by atoms with Crippen molar-refractivity contribution >= 4 is 9.04 Å². The van der Waals surface area contributed by atoms with Crippen LogP contribution in [0, 0.1) is 0 Å². The Labute approximate surface area is 68.6 Å². The molecule has 0 radical (unpaired) electrons. The van der Waals surface area contributed by atoms with Crippen LogP contribution in [-0.2, 0) is 4.43 Å². The minimum Gasteiger partial charge on any atom is -0.418 e. The fraction of sp³-hybridized carbons (Fsp3) is 1.00. The zero-order valence-electron chi connectivity index (χ0n) is 6.70. The van der Waals surface area contributed by atoms with Crippen molar-refractivity contribution in [2.24, 2.45) is 10.2 Å². The summed E-state index contributed by atoms with van der Waals surface area (Å²) in [6.07, 6.45) is 3.78. The molecule has 2 rings (SSSR count). The van der Waals surface area contributed by atoms with E-state index >= 15 is 0 Å². The smallest absolute Gasteiger partial charge is 0.203 e. The zero-order valence-corrected chi connectivity index (χ0v) is 7.85. The molecule has 0 aromatic heterocycles. The largest absolute Gasteiger partial charge is 0.418 e. The fourth-order valence-electron chi connectivity index (χ4n) is 1.74. The lowest BCUT2D eigenvalue weighted by Gasteiger charge is -2.23. The van der Waals surface area contributed by atoms with Crippen LogP contribution >= 0.6 is 0 Å². The minimum atomic E-state index is -0.939. The van der Waals surface area contributed by atoms with E-state index in [1.807, 2.05) is 0 Å². The van der Waals surface area contributed by atoms with Gasteiger partial charge in [-0.1, -0.05) is 6.42 Å². The second-order valence-corrected chi connectivity index (χ2v) is 6.00. The highest BCUT2D eigenvalue weighted by molar-refractivity contribution is 6.54. The van der Waals surface area contributed by atoms with Crippen LogP contribution in [0.2, 0.25) is 6.04 Å². The van der Waals surface area contributed by atoms with E-state index in [2.05, 4.69) is 10.2 Å². The van der Waals surface area contributed by atoms with E-state index in [4.69, 9.17) is 4.43 Å². The standard InChI is InChI=1S/C7H14N2OSi/c1-2-6-11(10-5-1)7-3-4-8-9-7/h7,11H,1-6H2. The van der Waals surface area contributed by atoms with Gasteiger partial charge in [0.2, 0.25) is 9.04 Å². The topological polar surface area (TPSA) is 34.0 Å². The zero-order chi connectivity index (χ0) is 7.52. The lowest BCUT2D eigenvalue weighted by Crippen LogP contribution is -2.34. The molecule has 0 N–H and O–H groups in total. The van der Waals surface area contributed by atoms with Gasteiger partial charge in [0.1, 0.15) is 0 Å². The Hall–Kier alpha value is -0.223. The molecule has 2 aliphatic heterocycles. The Morgan fingerprint density at radius 2 is 2.36 bits per heavy atom. The summed E-state index contributed by atoms with van der Waals surface area (Å²) in [7, 11) is -0.939. The summed E-state index contributed by atoms with van der Waals surface area (Å²) in [6, 6.07) is 1.32. The molecule has 2 aliphatic rings. The molecule has 2 atom stereocenters. The van der Waals surface area contributed by atoms with Crippen molar-refractivity contribution in [2.45, 2.75) is 31.0 Å².